The van der Waals surface area contributed by atoms with Gasteiger partial charge in [-0.25, -0.2) is 4.98 Å². The fourth-order valence-corrected chi connectivity index (χ4v) is 2.10. The van der Waals surface area contributed by atoms with E-state index in [-0.39, 0.29) is 5.91 Å². The number of fused-ring (bicyclic) bond motifs is 1. The number of pyridine rings is 1. The van der Waals surface area contributed by atoms with Crippen LogP contribution in [-0.2, 0) is 9.47 Å². The van der Waals surface area contributed by atoms with Gasteiger partial charge in [-0.3, -0.25) is 9.20 Å². The molecule has 0 aliphatic heterocycles. The second-order valence-corrected chi connectivity index (χ2v) is 4.56. The maximum atomic E-state index is 12.6. The Labute approximate surface area is 117 Å². The zero-order valence-corrected chi connectivity index (χ0v) is 12.2. The van der Waals surface area contributed by atoms with E-state index in [1.54, 1.807) is 30.6 Å². The summed E-state index contributed by atoms with van der Waals surface area (Å²) in [5, 5.41) is 0. The van der Waals surface area contributed by atoms with Crippen LogP contribution in [0.25, 0.3) is 5.65 Å². The summed E-state index contributed by atoms with van der Waals surface area (Å²) in [6.07, 6.45) is 1.39. The summed E-state index contributed by atoms with van der Waals surface area (Å²) >= 11 is 0. The Bertz CT molecular complexity index is 605. The topological polar surface area (TPSA) is 56.1 Å². The lowest BCUT2D eigenvalue weighted by Gasteiger charge is -2.22. The first-order valence-corrected chi connectivity index (χ1v) is 6.33. The van der Waals surface area contributed by atoms with Gasteiger partial charge in [0.1, 0.15) is 11.3 Å². The number of carbonyl (C=O) groups is 1. The molecule has 0 atom stereocenters. The van der Waals surface area contributed by atoms with E-state index in [0.29, 0.717) is 17.9 Å². The molecule has 6 nitrogen and oxygen atoms in total. The maximum Gasteiger partial charge on any atom is 0.272 e. The Kier molecular flexibility index (Phi) is 4.36. The summed E-state index contributed by atoms with van der Waals surface area (Å²) in [7, 11) is 4.81. The van der Waals surface area contributed by atoms with E-state index >= 15 is 0 Å². The molecule has 0 saturated heterocycles. The molecule has 6 heteroatoms. The minimum Gasteiger partial charge on any atom is -0.354 e. The van der Waals surface area contributed by atoms with Gasteiger partial charge in [-0.05, 0) is 19.1 Å². The fraction of sp³-hybridized carbons (Fsp3) is 0.429. The fourth-order valence-electron chi connectivity index (χ4n) is 2.10. The smallest absolute Gasteiger partial charge is 0.272 e. The van der Waals surface area contributed by atoms with Crippen LogP contribution in [0.2, 0.25) is 0 Å². The van der Waals surface area contributed by atoms with Gasteiger partial charge in [-0.1, -0.05) is 6.07 Å². The SMILES string of the molecule is COC(CN(C)C(=O)c1c(C)nc2ccccn12)OC. The Hall–Kier alpha value is -1.92. The number of aromatic nitrogens is 2. The van der Waals surface area contributed by atoms with Crippen LogP contribution in [0, 0.1) is 6.92 Å². The molecule has 20 heavy (non-hydrogen) atoms. The molecule has 108 valence electrons. The molecule has 0 aromatic carbocycles. The van der Waals surface area contributed by atoms with Crippen molar-refractivity contribution >= 4 is 11.6 Å². The molecule has 0 N–H and O–H groups in total. The van der Waals surface area contributed by atoms with Gasteiger partial charge >= 0.3 is 0 Å². The number of imidazole rings is 1. The van der Waals surface area contributed by atoms with Crippen LogP contribution < -0.4 is 0 Å². The van der Waals surface area contributed by atoms with Crippen molar-refractivity contribution in [3.05, 3.63) is 35.8 Å². The van der Waals surface area contributed by atoms with Crippen LogP contribution in [0.15, 0.2) is 24.4 Å². The van der Waals surface area contributed by atoms with Crippen molar-refractivity contribution in [2.45, 2.75) is 13.2 Å². The van der Waals surface area contributed by atoms with E-state index in [1.807, 2.05) is 31.3 Å². The number of rotatable bonds is 5. The van der Waals surface area contributed by atoms with E-state index < -0.39 is 6.29 Å². The molecule has 2 aromatic rings. The first-order chi connectivity index (χ1) is 9.58. The number of hydrogen-bond acceptors (Lipinski definition) is 4. The van der Waals surface area contributed by atoms with E-state index in [2.05, 4.69) is 4.98 Å². The van der Waals surface area contributed by atoms with Crippen LogP contribution in [0.5, 0.6) is 0 Å². The maximum absolute atomic E-state index is 12.6. The normalized spacial score (nSPS) is 11.2. The Morgan fingerprint density at radius 1 is 1.40 bits per heavy atom. The first kappa shape index (κ1) is 14.5. The molecule has 2 heterocycles. The summed E-state index contributed by atoms with van der Waals surface area (Å²) < 4.78 is 12.0. The van der Waals surface area contributed by atoms with Gasteiger partial charge in [-0.2, -0.15) is 0 Å². The summed E-state index contributed by atoms with van der Waals surface area (Å²) in [5.41, 5.74) is 2.03. The molecule has 0 aliphatic rings. The molecule has 0 unspecified atom stereocenters. The second kappa shape index (κ2) is 6.02. The minimum absolute atomic E-state index is 0.111. The first-order valence-electron chi connectivity index (χ1n) is 6.33. The highest BCUT2D eigenvalue weighted by Crippen LogP contribution is 2.14. The third kappa shape index (κ3) is 2.66. The lowest BCUT2D eigenvalue weighted by Crippen LogP contribution is -2.36. The summed E-state index contributed by atoms with van der Waals surface area (Å²) in [5.74, 6) is -0.111. The minimum atomic E-state index is -0.441. The molecule has 0 spiro atoms. The van der Waals surface area contributed by atoms with E-state index in [1.165, 1.54) is 0 Å². The number of aryl methyl sites for hydroxylation is 1. The van der Waals surface area contributed by atoms with Crippen molar-refractivity contribution in [2.24, 2.45) is 0 Å². The van der Waals surface area contributed by atoms with Gasteiger partial charge in [0.05, 0.1) is 12.2 Å². The molecular formula is C14H19N3O3. The van der Waals surface area contributed by atoms with E-state index in [0.717, 1.165) is 5.65 Å². The average molecular weight is 277 g/mol. The zero-order valence-electron chi connectivity index (χ0n) is 12.2. The number of likely N-dealkylation sites (N-methyl/N-ethyl adjacent to an activating group) is 1. The molecular weight excluding hydrogens is 258 g/mol. The van der Waals surface area contributed by atoms with Crippen LogP contribution in [0.3, 0.4) is 0 Å². The van der Waals surface area contributed by atoms with Gasteiger partial charge in [0, 0.05) is 27.5 Å². The number of amides is 1. The van der Waals surface area contributed by atoms with Gasteiger partial charge < -0.3 is 14.4 Å². The monoisotopic (exact) mass is 277 g/mol. The second-order valence-electron chi connectivity index (χ2n) is 4.56. The molecule has 1 amide bonds. The van der Waals surface area contributed by atoms with Crippen molar-refractivity contribution in [1.82, 2.24) is 14.3 Å². The number of carbonyl (C=O) groups excluding carboxylic acids is 1. The third-order valence-electron chi connectivity index (χ3n) is 3.20. The number of ether oxygens (including phenoxy) is 2. The van der Waals surface area contributed by atoms with Gasteiger partial charge in [0.2, 0.25) is 0 Å². The quantitative estimate of drug-likeness (QED) is 0.774. The van der Waals surface area contributed by atoms with Crippen LogP contribution in [0.1, 0.15) is 16.2 Å². The zero-order chi connectivity index (χ0) is 14.7. The highest BCUT2D eigenvalue weighted by Gasteiger charge is 2.22. The van der Waals surface area contributed by atoms with Gasteiger partial charge in [-0.15, -0.1) is 0 Å². The van der Waals surface area contributed by atoms with Crippen molar-refractivity contribution in [2.75, 3.05) is 27.8 Å². The molecule has 0 saturated carbocycles. The summed E-state index contributed by atoms with van der Waals surface area (Å²) in [6.45, 7) is 2.18. The van der Waals surface area contributed by atoms with Crippen LogP contribution in [0.4, 0.5) is 0 Å². The Morgan fingerprint density at radius 2 is 2.10 bits per heavy atom. The molecule has 0 bridgehead atoms. The van der Waals surface area contributed by atoms with Gasteiger partial charge in [0.15, 0.2) is 6.29 Å². The third-order valence-corrected chi connectivity index (χ3v) is 3.20. The van der Waals surface area contributed by atoms with Crippen molar-refractivity contribution in [3.8, 4) is 0 Å². The standard InChI is InChI=1S/C14H19N3O3/c1-10-13(17-8-6-5-7-11(17)15-10)14(18)16(2)9-12(19-3)20-4/h5-8,12H,9H2,1-4H3. The highest BCUT2D eigenvalue weighted by molar-refractivity contribution is 5.94. The van der Waals surface area contributed by atoms with Crippen molar-refractivity contribution in [1.29, 1.82) is 0 Å². The summed E-state index contributed by atoms with van der Waals surface area (Å²) in [4.78, 5) is 18.5. The predicted molar refractivity (Wildman–Crippen MR) is 74.7 cm³/mol. The lowest BCUT2D eigenvalue weighted by atomic mass is 10.3. The largest absolute Gasteiger partial charge is 0.354 e. The molecule has 0 fully saturated rings. The Balaban J connectivity index is 2.29. The van der Waals surface area contributed by atoms with E-state index in [4.69, 9.17) is 9.47 Å². The number of nitrogens with zero attached hydrogens (tertiary/aromatic N) is 3. The van der Waals surface area contributed by atoms with Crippen LogP contribution >= 0.6 is 0 Å². The number of methoxy groups -OCH3 is 2. The average Bonchev–Trinajstić information content (AvgIpc) is 2.79. The summed E-state index contributed by atoms with van der Waals surface area (Å²) in [6, 6.07) is 5.64. The van der Waals surface area contributed by atoms with Gasteiger partial charge in [0.25, 0.3) is 5.91 Å². The molecule has 2 aromatic heterocycles. The predicted octanol–water partition coefficient (Wildman–Crippen LogP) is 1.33. The van der Waals surface area contributed by atoms with Crippen molar-refractivity contribution in [3.63, 3.8) is 0 Å². The van der Waals surface area contributed by atoms with E-state index in [9.17, 15) is 4.79 Å². The molecule has 0 radical (unpaired) electrons. The Morgan fingerprint density at radius 3 is 2.75 bits per heavy atom. The number of hydrogen-bond donors (Lipinski definition) is 0. The van der Waals surface area contributed by atoms with Crippen LogP contribution in [-0.4, -0.2) is 54.3 Å². The highest BCUT2D eigenvalue weighted by atomic mass is 16.7. The molecule has 2 rings (SSSR count). The van der Waals surface area contributed by atoms with Crippen molar-refractivity contribution < 1.29 is 14.3 Å². The lowest BCUT2D eigenvalue weighted by molar-refractivity contribution is -0.110. The molecule has 0 aliphatic carbocycles.